The predicted octanol–water partition coefficient (Wildman–Crippen LogP) is 2.52. The first kappa shape index (κ1) is 14.6. The SMILES string of the molecule is Cc1ccccc1OC[C@@H](O)CNCc1ccccc1. The van der Waals surface area contributed by atoms with E-state index >= 15 is 0 Å². The van der Waals surface area contributed by atoms with Crippen LogP contribution in [0.25, 0.3) is 0 Å². The topological polar surface area (TPSA) is 41.5 Å². The molecule has 0 bridgehead atoms. The summed E-state index contributed by atoms with van der Waals surface area (Å²) in [4.78, 5) is 0. The number of hydrogen-bond acceptors (Lipinski definition) is 3. The summed E-state index contributed by atoms with van der Waals surface area (Å²) >= 11 is 0. The van der Waals surface area contributed by atoms with Crippen LogP contribution in [0.5, 0.6) is 5.75 Å². The Balaban J connectivity index is 1.68. The molecule has 0 aromatic heterocycles. The molecule has 3 nitrogen and oxygen atoms in total. The number of rotatable bonds is 7. The summed E-state index contributed by atoms with van der Waals surface area (Å²) in [5.74, 6) is 0.828. The molecule has 1 atom stereocenters. The zero-order valence-electron chi connectivity index (χ0n) is 11.8. The first-order chi connectivity index (χ1) is 9.75. The van der Waals surface area contributed by atoms with E-state index in [1.54, 1.807) is 0 Å². The van der Waals surface area contributed by atoms with Crippen molar-refractivity contribution in [2.75, 3.05) is 13.2 Å². The summed E-state index contributed by atoms with van der Waals surface area (Å²) in [6.07, 6.45) is -0.515. The van der Waals surface area contributed by atoms with E-state index in [4.69, 9.17) is 4.74 Å². The minimum absolute atomic E-state index is 0.298. The second-order valence-electron chi connectivity index (χ2n) is 4.85. The summed E-state index contributed by atoms with van der Waals surface area (Å²) in [6, 6.07) is 17.9. The molecule has 0 saturated carbocycles. The average Bonchev–Trinajstić information content (AvgIpc) is 2.47. The van der Waals surface area contributed by atoms with Crippen LogP contribution in [-0.2, 0) is 6.54 Å². The number of benzene rings is 2. The van der Waals surface area contributed by atoms with Gasteiger partial charge in [0.2, 0.25) is 0 Å². The van der Waals surface area contributed by atoms with Gasteiger partial charge in [0.25, 0.3) is 0 Å². The quantitative estimate of drug-likeness (QED) is 0.813. The van der Waals surface area contributed by atoms with Crippen molar-refractivity contribution < 1.29 is 9.84 Å². The van der Waals surface area contributed by atoms with Crippen molar-refractivity contribution in [3.05, 3.63) is 65.7 Å². The van der Waals surface area contributed by atoms with E-state index in [9.17, 15) is 5.11 Å². The largest absolute Gasteiger partial charge is 0.491 e. The van der Waals surface area contributed by atoms with Gasteiger partial charge in [-0.1, -0.05) is 48.5 Å². The molecule has 2 aromatic carbocycles. The van der Waals surface area contributed by atoms with Gasteiger partial charge in [0, 0.05) is 13.1 Å². The van der Waals surface area contributed by atoms with Crippen LogP contribution in [0.15, 0.2) is 54.6 Å². The molecule has 2 N–H and O–H groups in total. The first-order valence-electron chi connectivity index (χ1n) is 6.87. The predicted molar refractivity (Wildman–Crippen MR) is 80.8 cm³/mol. The van der Waals surface area contributed by atoms with Crippen molar-refractivity contribution in [3.8, 4) is 5.75 Å². The highest BCUT2D eigenvalue weighted by Crippen LogP contribution is 2.16. The molecular weight excluding hydrogens is 250 g/mol. The summed E-state index contributed by atoms with van der Waals surface area (Å²) in [7, 11) is 0. The fourth-order valence-electron chi connectivity index (χ4n) is 1.94. The van der Waals surface area contributed by atoms with E-state index in [2.05, 4.69) is 17.4 Å². The Morgan fingerprint density at radius 3 is 2.50 bits per heavy atom. The van der Waals surface area contributed by atoms with Gasteiger partial charge in [-0.3, -0.25) is 0 Å². The van der Waals surface area contributed by atoms with Gasteiger partial charge < -0.3 is 15.2 Å². The Morgan fingerprint density at radius 2 is 1.75 bits per heavy atom. The molecule has 0 aliphatic rings. The van der Waals surface area contributed by atoms with Gasteiger partial charge in [-0.05, 0) is 24.1 Å². The number of aliphatic hydroxyl groups is 1. The molecule has 0 unspecified atom stereocenters. The maximum Gasteiger partial charge on any atom is 0.122 e. The number of aryl methyl sites for hydroxylation is 1. The van der Waals surface area contributed by atoms with Crippen molar-refractivity contribution in [1.82, 2.24) is 5.32 Å². The lowest BCUT2D eigenvalue weighted by Gasteiger charge is -2.14. The van der Waals surface area contributed by atoms with Gasteiger partial charge in [0.05, 0.1) is 0 Å². The monoisotopic (exact) mass is 271 g/mol. The Bertz CT molecular complexity index is 513. The van der Waals surface area contributed by atoms with Crippen LogP contribution < -0.4 is 10.1 Å². The lowest BCUT2D eigenvalue weighted by Crippen LogP contribution is -2.31. The third-order valence-electron chi connectivity index (χ3n) is 3.08. The molecule has 0 heterocycles. The average molecular weight is 271 g/mol. The van der Waals surface area contributed by atoms with Crippen molar-refractivity contribution in [1.29, 1.82) is 0 Å². The van der Waals surface area contributed by atoms with E-state index in [1.165, 1.54) is 5.56 Å². The lowest BCUT2D eigenvalue weighted by atomic mass is 10.2. The van der Waals surface area contributed by atoms with Crippen LogP contribution in [0.2, 0.25) is 0 Å². The van der Waals surface area contributed by atoms with Gasteiger partial charge in [0.15, 0.2) is 0 Å². The third-order valence-corrected chi connectivity index (χ3v) is 3.08. The smallest absolute Gasteiger partial charge is 0.122 e. The van der Waals surface area contributed by atoms with E-state index < -0.39 is 6.10 Å². The van der Waals surface area contributed by atoms with Gasteiger partial charge in [0.1, 0.15) is 18.5 Å². The van der Waals surface area contributed by atoms with Crippen molar-refractivity contribution in [2.24, 2.45) is 0 Å². The zero-order chi connectivity index (χ0) is 14.2. The van der Waals surface area contributed by atoms with E-state index in [0.29, 0.717) is 13.2 Å². The van der Waals surface area contributed by atoms with Crippen molar-refractivity contribution >= 4 is 0 Å². The van der Waals surface area contributed by atoms with Crippen LogP contribution in [0, 0.1) is 6.92 Å². The van der Waals surface area contributed by atoms with Crippen LogP contribution in [-0.4, -0.2) is 24.4 Å². The molecule has 2 aromatic rings. The van der Waals surface area contributed by atoms with Gasteiger partial charge in [-0.25, -0.2) is 0 Å². The number of aliphatic hydroxyl groups excluding tert-OH is 1. The lowest BCUT2D eigenvalue weighted by molar-refractivity contribution is 0.106. The van der Waals surface area contributed by atoms with E-state index in [1.807, 2.05) is 49.4 Å². The van der Waals surface area contributed by atoms with Gasteiger partial charge in [-0.15, -0.1) is 0 Å². The fourth-order valence-corrected chi connectivity index (χ4v) is 1.94. The highest BCUT2D eigenvalue weighted by Gasteiger charge is 2.06. The maximum absolute atomic E-state index is 9.89. The van der Waals surface area contributed by atoms with Crippen molar-refractivity contribution in [3.63, 3.8) is 0 Å². The summed E-state index contributed by atoms with van der Waals surface area (Å²) in [5.41, 5.74) is 2.29. The summed E-state index contributed by atoms with van der Waals surface area (Å²) < 4.78 is 5.61. The summed E-state index contributed by atoms with van der Waals surface area (Å²) in [5, 5.41) is 13.1. The molecule has 106 valence electrons. The molecule has 0 aliphatic carbocycles. The molecule has 0 fully saturated rings. The standard InChI is InChI=1S/C17H21NO2/c1-14-7-5-6-10-17(14)20-13-16(19)12-18-11-15-8-3-2-4-9-15/h2-10,16,18-19H,11-13H2,1H3/t16-/m0/s1. The minimum atomic E-state index is -0.515. The number of ether oxygens (including phenoxy) is 1. The first-order valence-corrected chi connectivity index (χ1v) is 6.87. The Labute approximate surface area is 120 Å². The van der Waals surface area contributed by atoms with Crippen LogP contribution >= 0.6 is 0 Å². The highest BCUT2D eigenvalue weighted by atomic mass is 16.5. The number of hydrogen-bond donors (Lipinski definition) is 2. The highest BCUT2D eigenvalue weighted by molar-refractivity contribution is 5.31. The normalized spacial score (nSPS) is 12.1. The van der Waals surface area contributed by atoms with Crippen LogP contribution in [0.4, 0.5) is 0 Å². The second-order valence-corrected chi connectivity index (χ2v) is 4.85. The molecule has 0 saturated heterocycles. The number of para-hydroxylation sites is 1. The maximum atomic E-state index is 9.89. The van der Waals surface area contributed by atoms with E-state index in [-0.39, 0.29) is 0 Å². The fraction of sp³-hybridized carbons (Fsp3) is 0.294. The molecule has 3 heteroatoms. The molecule has 0 aliphatic heterocycles. The van der Waals surface area contributed by atoms with Crippen LogP contribution in [0.3, 0.4) is 0 Å². The molecule has 0 radical (unpaired) electrons. The Hall–Kier alpha value is -1.84. The molecule has 2 rings (SSSR count). The zero-order valence-corrected chi connectivity index (χ0v) is 11.8. The molecule has 0 spiro atoms. The van der Waals surface area contributed by atoms with Crippen LogP contribution in [0.1, 0.15) is 11.1 Å². The Morgan fingerprint density at radius 1 is 1.05 bits per heavy atom. The van der Waals surface area contributed by atoms with Gasteiger partial charge in [-0.2, -0.15) is 0 Å². The van der Waals surface area contributed by atoms with E-state index in [0.717, 1.165) is 17.9 Å². The summed E-state index contributed by atoms with van der Waals surface area (Å²) in [6.45, 7) is 3.56. The Kier molecular flexibility index (Phi) is 5.59. The minimum Gasteiger partial charge on any atom is -0.491 e. The third kappa shape index (κ3) is 4.68. The molecule has 20 heavy (non-hydrogen) atoms. The molecular formula is C17H21NO2. The van der Waals surface area contributed by atoms with Crippen molar-refractivity contribution in [2.45, 2.75) is 19.6 Å². The molecule has 0 amide bonds. The van der Waals surface area contributed by atoms with Gasteiger partial charge >= 0.3 is 0 Å². The second kappa shape index (κ2) is 7.68. The number of nitrogens with one attached hydrogen (secondary N) is 1.